The molecule has 0 saturated heterocycles. The number of anilines is 2. The number of aromatic nitrogens is 2. The lowest BCUT2D eigenvalue weighted by atomic mass is 10.1. The van der Waals surface area contributed by atoms with Crippen molar-refractivity contribution >= 4 is 22.4 Å². The minimum absolute atomic E-state index is 0.583. The van der Waals surface area contributed by atoms with Crippen LogP contribution in [0.3, 0.4) is 0 Å². The Labute approximate surface area is 117 Å². The highest BCUT2D eigenvalue weighted by molar-refractivity contribution is 7.11. The molecule has 19 heavy (non-hydrogen) atoms. The van der Waals surface area contributed by atoms with E-state index in [1.54, 1.807) is 6.20 Å². The van der Waals surface area contributed by atoms with Crippen molar-refractivity contribution in [2.24, 2.45) is 11.8 Å². The fourth-order valence-corrected chi connectivity index (χ4v) is 3.04. The second-order valence-electron chi connectivity index (χ2n) is 5.21. The maximum absolute atomic E-state index is 5.98. The molecular weight excluding hydrogens is 256 g/mol. The molecule has 0 aromatic carbocycles. The summed E-state index contributed by atoms with van der Waals surface area (Å²) in [6.45, 7) is 3.29. The molecule has 2 aromatic heterocycles. The second-order valence-corrected chi connectivity index (χ2v) is 5.98. The Morgan fingerprint density at radius 1 is 1.53 bits per heavy atom. The molecule has 3 N–H and O–H groups in total. The van der Waals surface area contributed by atoms with Gasteiger partial charge in [-0.05, 0) is 42.3 Å². The number of hydrogen-bond donors (Lipinski definition) is 2. The van der Waals surface area contributed by atoms with Gasteiger partial charge in [0.2, 0.25) is 0 Å². The summed E-state index contributed by atoms with van der Waals surface area (Å²) in [6, 6.07) is 3.94. The molecule has 100 valence electrons. The van der Waals surface area contributed by atoms with Crippen LogP contribution in [0.5, 0.6) is 0 Å². The molecule has 0 aliphatic heterocycles. The van der Waals surface area contributed by atoms with Gasteiger partial charge in [-0.1, -0.05) is 13.0 Å². The third-order valence-corrected chi connectivity index (χ3v) is 4.50. The Hall–Kier alpha value is -1.62. The van der Waals surface area contributed by atoms with Gasteiger partial charge in [-0.15, -0.1) is 0 Å². The van der Waals surface area contributed by atoms with Crippen molar-refractivity contribution in [3.8, 4) is 11.1 Å². The van der Waals surface area contributed by atoms with E-state index < -0.39 is 0 Å². The predicted molar refractivity (Wildman–Crippen MR) is 80.1 cm³/mol. The smallest absolute Gasteiger partial charge is 0.147 e. The molecule has 5 heteroatoms. The van der Waals surface area contributed by atoms with Gasteiger partial charge >= 0.3 is 0 Å². The molecule has 3 rings (SSSR count). The highest BCUT2D eigenvalue weighted by Crippen LogP contribution is 2.39. The Bertz CT molecular complexity index is 548. The van der Waals surface area contributed by atoms with Gasteiger partial charge in [0.05, 0.1) is 5.56 Å². The second kappa shape index (κ2) is 5.17. The predicted octanol–water partition coefficient (Wildman–Crippen LogP) is 3.25. The molecular formula is C14H18N4S. The average Bonchev–Trinajstić information content (AvgIpc) is 3.21. The van der Waals surface area contributed by atoms with Gasteiger partial charge in [0.1, 0.15) is 10.8 Å². The van der Waals surface area contributed by atoms with Crippen LogP contribution >= 0.6 is 11.5 Å². The van der Waals surface area contributed by atoms with Crippen LogP contribution in [-0.2, 0) is 0 Å². The molecule has 1 aliphatic carbocycles. The highest BCUT2D eigenvalue weighted by Gasteiger charge is 2.27. The number of pyridine rings is 1. The van der Waals surface area contributed by atoms with Crippen molar-refractivity contribution in [3.63, 3.8) is 0 Å². The lowest BCUT2D eigenvalue weighted by Crippen LogP contribution is -2.12. The Morgan fingerprint density at radius 3 is 3.05 bits per heavy atom. The van der Waals surface area contributed by atoms with Crippen LogP contribution < -0.4 is 11.1 Å². The van der Waals surface area contributed by atoms with Gasteiger partial charge in [0, 0.05) is 24.5 Å². The van der Waals surface area contributed by atoms with Gasteiger partial charge in [0.25, 0.3) is 0 Å². The monoisotopic (exact) mass is 274 g/mol. The molecule has 1 atom stereocenters. The Balaban J connectivity index is 1.78. The lowest BCUT2D eigenvalue weighted by molar-refractivity contribution is 0.537. The molecule has 4 nitrogen and oxygen atoms in total. The topological polar surface area (TPSA) is 63.8 Å². The van der Waals surface area contributed by atoms with E-state index >= 15 is 0 Å². The zero-order valence-corrected chi connectivity index (χ0v) is 11.8. The van der Waals surface area contributed by atoms with Crippen LogP contribution in [0.15, 0.2) is 24.5 Å². The Morgan fingerprint density at radius 2 is 2.37 bits per heavy atom. The minimum atomic E-state index is 0.583. The summed E-state index contributed by atoms with van der Waals surface area (Å²) >= 11 is 1.43. The molecule has 2 aromatic rings. The van der Waals surface area contributed by atoms with Crippen molar-refractivity contribution < 1.29 is 0 Å². The van der Waals surface area contributed by atoms with E-state index in [4.69, 9.17) is 5.73 Å². The summed E-state index contributed by atoms with van der Waals surface area (Å²) in [6.07, 6.45) is 6.35. The number of nitrogens with zero attached hydrogens (tertiary/aromatic N) is 2. The van der Waals surface area contributed by atoms with Gasteiger partial charge in [-0.3, -0.25) is 4.98 Å². The van der Waals surface area contributed by atoms with Gasteiger partial charge in [-0.2, -0.15) is 4.37 Å². The third-order valence-electron chi connectivity index (χ3n) is 3.68. The first-order chi connectivity index (χ1) is 9.25. The number of rotatable bonds is 5. The molecule has 1 saturated carbocycles. The summed E-state index contributed by atoms with van der Waals surface area (Å²) in [4.78, 5) is 4.15. The number of nitrogens with one attached hydrogen (secondary N) is 1. The van der Waals surface area contributed by atoms with Gasteiger partial charge < -0.3 is 11.1 Å². The molecule has 2 heterocycles. The molecule has 0 bridgehead atoms. The van der Waals surface area contributed by atoms with E-state index in [0.29, 0.717) is 11.7 Å². The van der Waals surface area contributed by atoms with Gasteiger partial charge in [-0.25, -0.2) is 0 Å². The van der Waals surface area contributed by atoms with Crippen LogP contribution in [0.25, 0.3) is 11.1 Å². The molecule has 0 spiro atoms. The first-order valence-electron chi connectivity index (χ1n) is 6.65. The van der Waals surface area contributed by atoms with Crippen LogP contribution in [0.2, 0.25) is 0 Å². The zero-order chi connectivity index (χ0) is 13.2. The van der Waals surface area contributed by atoms with Crippen molar-refractivity contribution in [1.82, 2.24) is 9.36 Å². The fourth-order valence-electron chi connectivity index (χ4n) is 2.30. The third kappa shape index (κ3) is 2.71. The lowest BCUT2D eigenvalue weighted by Gasteiger charge is -2.12. The van der Waals surface area contributed by atoms with Crippen molar-refractivity contribution in [1.29, 1.82) is 0 Å². The van der Waals surface area contributed by atoms with E-state index in [9.17, 15) is 0 Å². The van der Waals surface area contributed by atoms with E-state index in [1.807, 2.05) is 18.3 Å². The first kappa shape index (κ1) is 12.4. The average molecular weight is 274 g/mol. The maximum Gasteiger partial charge on any atom is 0.147 e. The number of nitrogen functional groups attached to an aromatic ring is 1. The van der Waals surface area contributed by atoms with Crippen molar-refractivity contribution in [3.05, 3.63) is 24.5 Å². The van der Waals surface area contributed by atoms with Crippen LogP contribution in [0.4, 0.5) is 10.8 Å². The van der Waals surface area contributed by atoms with Gasteiger partial charge in [0.15, 0.2) is 0 Å². The standard InChI is InChI=1S/C14H18N4S/c1-9(10-4-5-10)7-17-14-12(13(15)18-19-14)11-3-2-6-16-8-11/h2-3,6,8-10,17H,4-5,7H2,1H3,(H2,15,18). The normalized spacial score (nSPS) is 16.3. The maximum atomic E-state index is 5.98. The molecule has 1 fully saturated rings. The summed E-state index contributed by atoms with van der Waals surface area (Å²) in [5, 5.41) is 4.56. The summed E-state index contributed by atoms with van der Waals surface area (Å²) < 4.78 is 4.26. The summed E-state index contributed by atoms with van der Waals surface area (Å²) in [5.41, 5.74) is 7.99. The quantitative estimate of drug-likeness (QED) is 0.878. The van der Waals surface area contributed by atoms with Crippen molar-refractivity contribution in [2.75, 3.05) is 17.6 Å². The van der Waals surface area contributed by atoms with E-state index in [0.717, 1.165) is 28.6 Å². The fraction of sp³-hybridized carbons (Fsp3) is 0.429. The molecule has 0 radical (unpaired) electrons. The highest BCUT2D eigenvalue weighted by atomic mass is 32.1. The summed E-state index contributed by atoms with van der Waals surface area (Å²) in [5.74, 6) is 2.20. The minimum Gasteiger partial charge on any atom is -0.382 e. The number of nitrogens with two attached hydrogens (primary N) is 1. The van der Waals surface area contributed by atoms with Crippen LogP contribution in [-0.4, -0.2) is 15.9 Å². The number of hydrogen-bond acceptors (Lipinski definition) is 5. The molecule has 1 aliphatic rings. The molecule has 0 amide bonds. The van der Waals surface area contributed by atoms with Crippen LogP contribution in [0, 0.1) is 11.8 Å². The first-order valence-corrected chi connectivity index (χ1v) is 7.42. The SMILES string of the molecule is CC(CNc1snc(N)c1-c1cccnc1)C1CC1. The van der Waals surface area contributed by atoms with E-state index in [2.05, 4.69) is 21.6 Å². The Kier molecular flexibility index (Phi) is 3.38. The zero-order valence-electron chi connectivity index (χ0n) is 11.0. The van der Waals surface area contributed by atoms with Crippen molar-refractivity contribution in [2.45, 2.75) is 19.8 Å². The largest absolute Gasteiger partial charge is 0.382 e. The summed E-state index contributed by atoms with van der Waals surface area (Å²) in [7, 11) is 0. The van der Waals surface area contributed by atoms with E-state index in [1.165, 1.54) is 24.4 Å². The molecule has 1 unspecified atom stereocenters. The van der Waals surface area contributed by atoms with Crippen LogP contribution in [0.1, 0.15) is 19.8 Å². The van der Waals surface area contributed by atoms with E-state index in [-0.39, 0.29) is 0 Å².